The van der Waals surface area contributed by atoms with Crippen LogP contribution in [0, 0.1) is 0 Å². The minimum atomic E-state index is -4.48. The van der Waals surface area contributed by atoms with Gasteiger partial charge in [-0.15, -0.1) is 0 Å². The zero-order valence-electron chi connectivity index (χ0n) is 14.3. The van der Waals surface area contributed by atoms with Crippen LogP contribution in [0.4, 0.5) is 13.2 Å². The quantitative estimate of drug-likeness (QED) is 0.404. The van der Waals surface area contributed by atoms with E-state index in [0.29, 0.717) is 19.3 Å². The van der Waals surface area contributed by atoms with Crippen molar-refractivity contribution in [2.75, 3.05) is 6.61 Å². The summed E-state index contributed by atoms with van der Waals surface area (Å²) in [6.07, 6.45) is 1.58. The second kappa shape index (κ2) is 9.65. The molecule has 2 rings (SSSR count). The summed E-state index contributed by atoms with van der Waals surface area (Å²) in [7, 11) is 0. The molecule has 0 saturated carbocycles. The van der Waals surface area contributed by atoms with Gasteiger partial charge in [0, 0.05) is 24.4 Å². The van der Waals surface area contributed by atoms with Crippen molar-refractivity contribution in [3.05, 3.63) is 59.7 Å². The monoisotopic (exact) mass is 381 g/mol. The van der Waals surface area contributed by atoms with Gasteiger partial charge < -0.3 is 9.94 Å². The lowest BCUT2D eigenvalue weighted by Crippen LogP contribution is -2.11. The SMILES string of the molecule is O=C(O)CCCCCO/N=C(/c1cccc(C(F)(F)F)c1)c1cnccn1. The maximum absolute atomic E-state index is 13.0. The Balaban J connectivity index is 2.12. The highest BCUT2D eigenvalue weighted by Gasteiger charge is 2.31. The van der Waals surface area contributed by atoms with Gasteiger partial charge >= 0.3 is 12.1 Å². The number of carboxylic acid groups (broad SMARTS) is 1. The van der Waals surface area contributed by atoms with Gasteiger partial charge in [-0.05, 0) is 31.4 Å². The number of oxime groups is 1. The van der Waals surface area contributed by atoms with Crippen LogP contribution in [-0.2, 0) is 15.8 Å². The van der Waals surface area contributed by atoms with Crippen LogP contribution in [0.5, 0.6) is 0 Å². The van der Waals surface area contributed by atoms with Crippen LogP contribution >= 0.6 is 0 Å². The molecule has 0 aliphatic rings. The van der Waals surface area contributed by atoms with Gasteiger partial charge in [0.1, 0.15) is 18.0 Å². The molecule has 2 aromatic rings. The lowest BCUT2D eigenvalue weighted by molar-refractivity contribution is -0.138. The van der Waals surface area contributed by atoms with Crippen LogP contribution in [-0.4, -0.2) is 33.4 Å². The summed E-state index contributed by atoms with van der Waals surface area (Å²) in [4.78, 5) is 23.7. The third-order valence-electron chi connectivity index (χ3n) is 3.55. The largest absolute Gasteiger partial charge is 0.481 e. The predicted octanol–water partition coefficient (Wildman–Crippen LogP) is 3.91. The molecule has 0 bridgehead atoms. The Labute approximate surface area is 153 Å². The molecule has 0 atom stereocenters. The van der Waals surface area contributed by atoms with E-state index >= 15 is 0 Å². The van der Waals surface area contributed by atoms with Crippen molar-refractivity contribution < 1.29 is 27.9 Å². The van der Waals surface area contributed by atoms with Gasteiger partial charge in [0.25, 0.3) is 0 Å². The minimum absolute atomic E-state index is 0.0817. The van der Waals surface area contributed by atoms with Gasteiger partial charge in [-0.3, -0.25) is 14.8 Å². The zero-order valence-corrected chi connectivity index (χ0v) is 14.3. The highest BCUT2D eigenvalue weighted by Crippen LogP contribution is 2.30. The molecule has 0 aliphatic heterocycles. The maximum Gasteiger partial charge on any atom is 0.416 e. The molecule has 27 heavy (non-hydrogen) atoms. The minimum Gasteiger partial charge on any atom is -0.481 e. The predicted molar refractivity (Wildman–Crippen MR) is 91.2 cm³/mol. The topological polar surface area (TPSA) is 84.7 Å². The number of alkyl halides is 3. The van der Waals surface area contributed by atoms with Gasteiger partial charge in [0.2, 0.25) is 0 Å². The molecular formula is C18H18F3N3O3. The number of benzene rings is 1. The van der Waals surface area contributed by atoms with Gasteiger partial charge in [0.15, 0.2) is 0 Å². The first kappa shape index (κ1) is 20.3. The summed E-state index contributed by atoms with van der Waals surface area (Å²) in [5.41, 5.74) is -0.177. The number of rotatable bonds is 9. The van der Waals surface area contributed by atoms with E-state index in [4.69, 9.17) is 9.94 Å². The second-order valence-electron chi connectivity index (χ2n) is 5.65. The van der Waals surface area contributed by atoms with E-state index in [1.165, 1.54) is 30.7 Å². The lowest BCUT2D eigenvalue weighted by atomic mass is 10.0. The molecule has 144 valence electrons. The Morgan fingerprint density at radius 2 is 2.00 bits per heavy atom. The van der Waals surface area contributed by atoms with Gasteiger partial charge in [-0.1, -0.05) is 17.3 Å². The van der Waals surface area contributed by atoms with Crippen molar-refractivity contribution >= 4 is 11.7 Å². The zero-order chi connectivity index (χ0) is 19.7. The number of hydrogen-bond acceptors (Lipinski definition) is 5. The highest BCUT2D eigenvalue weighted by atomic mass is 19.4. The lowest BCUT2D eigenvalue weighted by Gasteiger charge is -2.10. The first-order valence-electron chi connectivity index (χ1n) is 8.23. The molecular weight excluding hydrogens is 363 g/mol. The molecule has 0 fully saturated rings. The number of carbonyl (C=O) groups is 1. The highest BCUT2D eigenvalue weighted by molar-refractivity contribution is 6.11. The van der Waals surface area contributed by atoms with E-state index in [2.05, 4.69) is 15.1 Å². The smallest absolute Gasteiger partial charge is 0.416 e. The molecule has 6 nitrogen and oxygen atoms in total. The molecule has 1 aromatic heterocycles. The van der Waals surface area contributed by atoms with Crippen molar-refractivity contribution in [3.63, 3.8) is 0 Å². The fourth-order valence-corrected chi connectivity index (χ4v) is 2.24. The normalized spacial score (nSPS) is 12.0. The third kappa shape index (κ3) is 6.69. The van der Waals surface area contributed by atoms with Crippen LogP contribution in [0.1, 0.15) is 42.5 Å². The van der Waals surface area contributed by atoms with Crippen LogP contribution in [0.2, 0.25) is 0 Å². The van der Waals surface area contributed by atoms with E-state index in [0.717, 1.165) is 12.1 Å². The van der Waals surface area contributed by atoms with Crippen molar-refractivity contribution in [1.29, 1.82) is 0 Å². The van der Waals surface area contributed by atoms with Gasteiger partial charge in [0.05, 0.1) is 11.8 Å². The molecule has 0 radical (unpaired) electrons. The molecule has 0 unspecified atom stereocenters. The van der Waals surface area contributed by atoms with E-state index in [1.807, 2.05) is 0 Å². The first-order valence-corrected chi connectivity index (χ1v) is 8.23. The molecule has 9 heteroatoms. The number of halogens is 3. The summed E-state index contributed by atoms with van der Waals surface area (Å²) < 4.78 is 38.9. The van der Waals surface area contributed by atoms with E-state index in [-0.39, 0.29) is 30.0 Å². The number of carboxylic acids is 1. The maximum atomic E-state index is 13.0. The third-order valence-corrected chi connectivity index (χ3v) is 3.55. The molecule has 0 saturated heterocycles. The average molecular weight is 381 g/mol. The van der Waals surface area contributed by atoms with E-state index in [9.17, 15) is 18.0 Å². The fourth-order valence-electron chi connectivity index (χ4n) is 2.24. The number of nitrogens with zero attached hydrogens (tertiary/aromatic N) is 3. The standard InChI is InChI=1S/C18H18F3N3O3/c19-18(20,21)14-6-4-5-13(11-14)17(15-12-22-8-9-23-15)24-27-10-3-1-2-7-16(25)26/h4-6,8-9,11-12H,1-3,7,10H2,(H,25,26)/b24-17-. The Hall–Kier alpha value is -2.97. The summed E-state index contributed by atoms with van der Waals surface area (Å²) in [5.74, 6) is -0.858. The summed E-state index contributed by atoms with van der Waals surface area (Å²) in [5, 5.41) is 12.5. The number of hydrogen-bond donors (Lipinski definition) is 1. The summed E-state index contributed by atoms with van der Waals surface area (Å²) in [6.45, 7) is 0.211. The van der Waals surface area contributed by atoms with E-state index < -0.39 is 17.7 Å². The van der Waals surface area contributed by atoms with Gasteiger partial charge in [-0.25, -0.2) is 0 Å². The van der Waals surface area contributed by atoms with Crippen molar-refractivity contribution in [3.8, 4) is 0 Å². The van der Waals surface area contributed by atoms with Crippen molar-refractivity contribution in [2.24, 2.45) is 5.16 Å². The van der Waals surface area contributed by atoms with Crippen molar-refractivity contribution in [1.82, 2.24) is 9.97 Å². The molecule has 1 aromatic carbocycles. The average Bonchev–Trinajstić information content (AvgIpc) is 2.64. The molecule has 0 amide bonds. The van der Waals surface area contributed by atoms with E-state index in [1.54, 1.807) is 0 Å². The van der Waals surface area contributed by atoms with Crippen LogP contribution < -0.4 is 0 Å². The van der Waals surface area contributed by atoms with Crippen molar-refractivity contribution in [2.45, 2.75) is 31.9 Å². The molecule has 0 aliphatic carbocycles. The first-order chi connectivity index (χ1) is 12.9. The molecule has 1 heterocycles. The Morgan fingerprint density at radius 3 is 2.67 bits per heavy atom. The number of aliphatic carboxylic acids is 1. The fraction of sp³-hybridized carbons (Fsp3) is 0.333. The van der Waals surface area contributed by atoms with Crippen LogP contribution in [0.3, 0.4) is 0 Å². The van der Waals surface area contributed by atoms with Crippen LogP contribution in [0.15, 0.2) is 48.0 Å². The Morgan fingerprint density at radius 1 is 1.19 bits per heavy atom. The summed E-state index contributed by atoms with van der Waals surface area (Å²) >= 11 is 0. The Bertz CT molecular complexity index is 780. The van der Waals surface area contributed by atoms with Crippen LogP contribution in [0.25, 0.3) is 0 Å². The summed E-state index contributed by atoms with van der Waals surface area (Å²) in [6, 6.07) is 4.72. The second-order valence-corrected chi connectivity index (χ2v) is 5.65. The number of unbranched alkanes of at least 4 members (excludes halogenated alkanes) is 2. The number of aromatic nitrogens is 2. The molecule has 1 N–H and O–H groups in total. The van der Waals surface area contributed by atoms with Gasteiger partial charge in [-0.2, -0.15) is 13.2 Å². The Kier molecular flexibility index (Phi) is 7.27. The molecule has 0 spiro atoms.